The zero-order valence-electron chi connectivity index (χ0n) is 9.50. The molecule has 1 aromatic heterocycles. The average Bonchev–Trinajstić information content (AvgIpc) is 2.72. The van der Waals surface area contributed by atoms with E-state index in [2.05, 4.69) is 10.1 Å². The predicted octanol–water partition coefficient (Wildman–Crippen LogP) is 0.801. The first-order valence-corrected chi connectivity index (χ1v) is 5.77. The lowest BCUT2D eigenvalue weighted by atomic mass is 10.1. The Morgan fingerprint density at radius 1 is 1.24 bits per heavy atom. The lowest BCUT2D eigenvalue weighted by Gasteiger charge is -2.17. The fourth-order valence-corrected chi connectivity index (χ4v) is 2.09. The fourth-order valence-electron chi connectivity index (χ4n) is 2.09. The molecule has 5 nitrogen and oxygen atoms in total. The van der Waals surface area contributed by atoms with Crippen LogP contribution in [0, 0.1) is 0 Å². The Balaban J connectivity index is 1.97. The van der Waals surface area contributed by atoms with Gasteiger partial charge in [-0.1, -0.05) is 0 Å². The molecule has 1 atom stereocenters. The minimum absolute atomic E-state index is 0.198. The zero-order valence-corrected chi connectivity index (χ0v) is 9.50. The molecule has 0 aliphatic carbocycles. The molecule has 2 heterocycles. The van der Waals surface area contributed by atoms with Crippen molar-refractivity contribution in [2.45, 2.75) is 25.4 Å². The van der Waals surface area contributed by atoms with Crippen molar-refractivity contribution in [3.63, 3.8) is 0 Å². The van der Waals surface area contributed by atoms with Crippen LogP contribution in [0.2, 0.25) is 0 Å². The number of aryl methyl sites for hydroxylation is 1. The van der Waals surface area contributed by atoms with Gasteiger partial charge in [-0.15, -0.1) is 0 Å². The Labute approximate surface area is 99.4 Å². The van der Waals surface area contributed by atoms with Crippen LogP contribution in [0.5, 0.6) is 0 Å². The largest absolute Gasteiger partial charge is 0.399 e. The Morgan fingerprint density at radius 2 is 2.00 bits per heavy atom. The van der Waals surface area contributed by atoms with Crippen molar-refractivity contribution in [1.82, 2.24) is 14.8 Å². The minimum atomic E-state index is 0.198. The summed E-state index contributed by atoms with van der Waals surface area (Å²) in [5.74, 6) is 1.78. The molecule has 0 saturated carbocycles. The predicted molar refractivity (Wildman–Crippen MR) is 66.2 cm³/mol. The van der Waals surface area contributed by atoms with Gasteiger partial charge >= 0.3 is 0 Å². The van der Waals surface area contributed by atoms with Crippen LogP contribution in [0.4, 0.5) is 5.69 Å². The molecule has 1 aromatic carbocycles. The van der Waals surface area contributed by atoms with Crippen LogP contribution in [-0.2, 0) is 13.0 Å². The van der Waals surface area contributed by atoms with Gasteiger partial charge in [0.15, 0.2) is 5.82 Å². The average molecular weight is 229 g/mol. The SMILES string of the molecule is Nc1ccc(-c2nc3n(n2)CC(N)CC3)cc1. The maximum Gasteiger partial charge on any atom is 0.181 e. The maximum absolute atomic E-state index is 5.91. The molecule has 1 unspecified atom stereocenters. The van der Waals surface area contributed by atoms with Crippen molar-refractivity contribution < 1.29 is 0 Å². The molecule has 1 aliphatic rings. The third-order valence-electron chi connectivity index (χ3n) is 3.06. The van der Waals surface area contributed by atoms with Crippen molar-refractivity contribution in [3.8, 4) is 11.4 Å². The molecule has 17 heavy (non-hydrogen) atoms. The lowest BCUT2D eigenvalue weighted by Crippen LogP contribution is -2.32. The molecule has 0 saturated heterocycles. The summed E-state index contributed by atoms with van der Waals surface area (Å²) in [6.07, 6.45) is 1.89. The number of nitrogen functional groups attached to an aromatic ring is 1. The third kappa shape index (κ3) is 1.89. The Hall–Kier alpha value is -1.88. The van der Waals surface area contributed by atoms with E-state index in [9.17, 15) is 0 Å². The van der Waals surface area contributed by atoms with Gasteiger partial charge in [0.1, 0.15) is 5.82 Å². The molecule has 0 bridgehead atoms. The molecule has 5 heteroatoms. The molecule has 0 radical (unpaired) electrons. The number of benzene rings is 1. The highest BCUT2D eigenvalue weighted by Crippen LogP contribution is 2.20. The lowest BCUT2D eigenvalue weighted by molar-refractivity contribution is 0.422. The first kappa shape index (κ1) is 10.3. The van der Waals surface area contributed by atoms with E-state index in [1.165, 1.54) is 0 Å². The second-order valence-electron chi connectivity index (χ2n) is 4.45. The zero-order chi connectivity index (χ0) is 11.8. The second kappa shape index (κ2) is 3.85. The highest BCUT2D eigenvalue weighted by Gasteiger charge is 2.19. The van der Waals surface area contributed by atoms with Gasteiger partial charge in [-0.2, -0.15) is 5.10 Å². The highest BCUT2D eigenvalue weighted by atomic mass is 15.4. The van der Waals surface area contributed by atoms with Crippen LogP contribution < -0.4 is 11.5 Å². The first-order valence-electron chi connectivity index (χ1n) is 5.77. The molecular weight excluding hydrogens is 214 g/mol. The van der Waals surface area contributed by atoms with E-state index in [1.54, 1.807) is 0 Å². The standard InChI is InChI=1S/C12H15N5/c13-9-3-1-8(2-4-9)12-15-11-6-5-10(14)7-17(11)16-12/h1-4,10H,5-7,13-14H2. The number of nitrogens with two attached hydrogens (primary N) is 2. The monoisotopic (exact) mass is 229 g/mol. The van der Waals surface area contributed by atoms with E-state index in [-0.39, 0.29) is 6.04 Å². The van der Waals surface area contributed by atoms with E-state index >= 15 is 0 Å². The summed E-state index contributed by atoms with van der Waals surface area (Å²) in [7, 11) is 0. The van der Waals surface area contributed by atoms with Gasteiger partial charge in [0.25, 0.3) is 0 Å². The van der Waals surface area contributed by atoms with Crippen LogP contribution >= 0.6 is 0 Å². The molecule has 88 valence electrons. The minimum Gasteiger partial charge on any atom is -0.399 e. The van der Waals surface area contributed by atoms with Crippen molar-refractivity contribution in [2.24, 2.45) is 5.73 Å². The molecule has 4 N–H and O–H groups in total. The Bertz CT molecular complexity index is 528. The Kier molecular flexibility index (Phi) is 2.33. The van der Waals surface area contributed by atoms with Crippen LogP contribution in [0.25, 0.3) is 11.4 Å². The van der Waals surface area contributed by atoms with Gasteiger partial charge in [-0.25, -0.2) is 9.67 Å². The summed E-state index contributed by atoms with van der Waals surface area (Å²) < 4.78 is 1.92. The van der Waals surface area contributed by atoms with E-state index in [0.29, 0.717) is 0 Å². The molecule has 1 aliphatic heterocycles. The van der Waals surface area contributed by atoms with E-state index < -0.39 is 0 Å². The van der Waals surface area contributed by atoms with Gasteiger partial charge in [-0.05, 0) is 30.7 Å². The highest BCUT2D eigenvalue weighted by molar-refractivity contribution is 5.58. The van der Waals surface area contributed by atoms with E-state index in [0.717, 1.165) is 42.3 Å². The number of aromatic nitrogens is 3. The molecular formula is C12H15N5. The topological polar surface area (TPSA) is 82.8 Å². The van der Waals surface area contributed by atoms with Crippen molar-refractivity contribution in [3.05, 3.63) is 30.1 Å². The molecule has 2 aromatic rings. The second-order valence-corrected chi connectivity index (χ2v) is 4.45. The first-order chi connectivity index (χ1) is 8.22. The van der Waals surface area contributed by atoms with Gasteiger partial charge < -0.3 is 11.5 Å². The third-order valence-corrected chi connectivity index (χ3v) is 3.06. The van der Waals surface area contributed by atoms with E-state index in [1.807, 2.05) is 28.9 Å². The summed E-state index contributed by atoms with van der Waals surface area (Å²) in [6.45, 7) is 0.761. The van der Waals surface area contributed by atoms with Crippen LogP contribution in [0.3, 0.4) is 0 Å². The van der Waals surface area contributed by atoms with Crippen molar-refractivity contribution in [2.75, 3.05) is 5.73 Å². The Morgan fingerprint density at radius 3 is 2.76 bits per heavy atom. The molecule has 0 fully saturated rings. The maximum atomic E-state index is 5.91. The van der Waals surface area contributed by atoms with Crippen LogP contribution in [0.1, 0.15) is 12.2 Å². The summed E-state index contributed by atoms with van der Waals surface area (Å²) in [5.41, 5.74) is 13.3. The van der Waals surface area contributed by atoms with Crippen molar-refractivity contribution in [1.29, 1.82) is 0 Å². The summed E-state index contributed by atoms with van der Waals surface area (Å²) in [5, 5.41) is 4.49. The molecule has 0 amide bonds. The normalized spacial score (nSPS) is 19.0. The van der Waals surface area contributed by atoms with Gasteiger partial charge in [0.05, 0.1) is 6.54 Å². The molecule has 3 rings (SSSR count). The number of anilines is 1. The number of fused-ring (bicyclic) bond motifs is 1. The van der Waals surface area contributed by atoms with E-state index in [4.69, 9.17) is 11.5 Å². The van der Waals surface area contributed by atoms with Crippen molar-refractivity contribution >= 4 is 5.69 Å². The summed E-state index contributed by atoms with van der Waals surface area (Å²) in [4.78, 5) is 4.54. The molecule has 0 spiro atoms. The number of nitrogens with zero attached hydrogens (tertiary/aromatic N) is 3. The smallest absolute Gasteiger partial charge is 0.181 e. The van der Waals surface area contributed by atoms with Crippen LogP contribution in [-0.4, -0.2) is 20.8 Å². The van der Waals surface area contributed by atoms with Crippen LogP contribution in [0.15, 0.2) is 24.3 Å². The van der Waals surface area contributed by atoms with Gasteiger partial charge in [0, 0.05) is 23.7 Å². The van der Waals surface area contributed by atoms with Gasteiger partial charge in [0.2, 0.25) is 0 Å². The number of hydrogen-bond acceptors (Lipinski definition) is 4. The quantitative estimate of drug-likeness (QED) is 0.708. The summed E-state index contributed by atoms with van der Waals surface area (Å²) in [6, 6.07) is 7.80. The van der Waals surface area contributed by atoms with Gasteiger partial charge in [-0.3, -0.25) is 0 Å². The number of hydrogen-bond donors (Lipinski definition) is 2. The number of rotatable bonds is 1. The summed E-state index contributed by atoms with van der Waals surface area (Å²) >= 11 is 0. The fraction of sp³-hybridized carbons (Fsp3) is 0.333.